The van der Waals surface area contributed by atoms with Crippen molar-refractivity contribution in [2.24, 2.45) is 0 Å². The average Bonchev–Trinajstić information content (AvgIpc) is 2.29. The molecule has 5 heteroatoms. The van der Waals surface area contributed by atoms with Crippen LogP contribution in [0.3, 0.4) is 0 Å². The van der Waals surface area contributed by atoms with Crippen molar-refractivity contribution in [3.63, 3.8) is 0 Å². The van der Waals surface area contributed by atoms with Gasteiger partial charge in [0.05, 0.1) is 6.04 Å². The second kappa shape index (κ2) is 5.89. The lowest BCUT2D eigenvalue weighted by molar-refractivity contribution is -0.137. The third-order valence-corrected chi connectivity index (χ3v) is 2.36. The van der Waals surface area contributed by atoms with Gasteiger partial charge in [-0.3, -0.25) is 4.79 Å². The van der Waals surface area contributed by atoms with Crippen molar-refractivity contribution in [3.8, 4) is 0 Å². The summed E-state index contributed by atoms with van der Waals surface area (Å²) in [5, 5.41) is 11.3. The van der Waals surface area contributed by atoms with Gasteiger partial charge >= 0.3 is 12.0 Å². The normalized spacial score (nSPS) is 11.6. The number of nitrogens with zero attached hydrogens (tertiary/aromatic N) is 1. The molecule has 1 aromatic carbocycles. The van der Waals surface area contributed by atoms with Crippen LogP contribution in [-0.2, 0) is 4.79 Å². The van der Waals surface area contributed by atoms with Crippen molar-refractivity contribution in [3.05, 3.63) is 35.9 Å². The molecule has 0 bridgehead atoms. The van der Waals surface area contributed by atoms with Crippen LogP contribution in [0.15, 0.2) is 30.3 Å². The topological polar surface area (TPSA) is 69.6 Å². The zero-order valence-electron chi connectivity index (χ0n) is 9.88. The molecule has 1 aromatic rings. The first-order chi connectivity index (χ1) is 8.00. The lowest BCUT2D eigenvalue weighted by atomic mass is 10.1. The van der Waals surface area contributed by atoms with E-state index in [1.807, 2.05) is 37.3 Å². The Kier molecular flexibility index (Phi) is 4.51. The van der Waals surface area contributed by atoms with E-state index >= 15 is 0 Å². The number of hydrogen-bond donors (Lipinski definition) is 2. The highest BCUT2D eigenvalue weighted by Crippen LogP contribution is 2.11. The number of urea groups is 1. The van der Waals surface area contributed by atoms with Crippen LogP contribution in [0.2, 0.25) is 0 Å². The van der Waals surface area contributed by atoms with Crippen LogP contribution in [0, 0.1) is 0 Å². The van der Waals surface area contributed by atoms with Crippen LogP contribution < -0.4 is 5.32 Å². The number of hydrogen-bond acceptors (Lipinski definition) is 2. The van der Waals surface area contributed by atoms with Crippen molar-refractivity contribution < 1.29 is 14.7 Å². The Morgan fingerprint density at radius 3 is 2.47 bits per heavy atom. The zero-order chi connectivity index (χ0) is 12.8. The summed E-state index contributed by atoms with van der Waals surface area (Å²) in [7, 11) is 1.45. The molecule has 1 rings (SSSR count). The van der Waals surface area contributed by atoms with Gasteiger partial charge in [-0.1, -0.05) is 30.3 Å². The van der Waals surface area contributed by atoms with Gasteiger partial charge in [0.1, 0.15) is 6.54 Å². The first-order valence-electron chi connectivity index (χ1n) is 5.29. The summed E-state index contributed by atoms with van der Waals surface area (Å²) in [4.78, 5) is 23.2. The third-order valence-electron chi connectivity index (χ3n) is 2.36. The maximum Gasteiger partial charge on any atom is 0.323 e. The Balaban J connectivity index is 2.54. The summed E-state index contributed by atoms with van der Waals surface area (Å²) in [6, 6.07) is 8.93. The van der Waals surface area contributed by atoms with Gasteiger partial charge in [-0.25, -0.2) is 4.79 Å². The molecule has 0 aliphatic heterocycles. The third kappa shape index (κ3) is 4.14. The SMILES string of the molecule is CC(NC(=O)N(C)CC(=O)O)c1ccccc1. The maximum absolute atomic E-state index is 11.6. The number of nitrogens with one attached hydrogen (secondary N) is 1. The summed E-state index contributed by atoms with van der Waals surface area (Å²) >= 11 is 0. The van der Waals surface area contributed by atoms with E-state index in [0.29, 0.717) is 0 Å². The van der Waals surface area contributed by atoms with E-state index in [-0.39, 0.29) is 12.6 Å². The molecule has 0 aromatic heterocycles. The minimum absolute atomic E-state index is 0.153. The molecule has 1 atom stereocenters. The number of carboxylic acids is 1. The second-order valence-corrected chi connectivity index (χ2v) is 3.83. The minimum Gasteiger partial charge on any atom is -0.480 e. The smallest absolute Gasteiger partial charge is 0.323 e. The number of carboxylic acid groups (broad SMARTS) is 1. The standard InChI is InChI=1S/C12H16N2O3/c1-9(10-6-4-3-5-7-10)13-12(17)14(2)8-11(15)16/h3-7,9H,8H2,1-2H3,(H,13,17)(H,15,16). The highest BCUT2D eigenvalue weighted by Gasteiger charge is 2.14. The Morgan fingerprint density at radius 1 is 1.35 bits per heavy atom. The van der Waals surface area contributed by atoms with Gasteiger partial charge in [-0.2, -0.15) is 0 Å². The number of amides is 2. The van der Waals surface area contributed by atoms with Crippen LogP contribution in [0.25, 0.3) is 0 Å². The molecule has 0 radical (unpaired) electrons. The quantitative estimate of drug-likeness (QED) is 0.831. The van der Waals surface area contributed by atoms with Gasteiger partial charge in [0, 0.05) is 7.05 Å². The molecule has 0 saturated carbocycles. The van der Waals surface area contributed by atoms with E-state index in [0.717, 1.165) is 10.5 Å². The molecule has 2 N–H and O–H groups in total. The predicted molar refractivity (Wildman–Crippen MR) is 63.7 cm³/mol. The molecule has 2 amide bonds. The molecule has 0 fully saturated rings. The van der Waals surface area contributed by atoms with E-state index in [9.17, 15) is 9.59 Å². The number of benzene rings is 1. The highest BCUT2D eigenvalue weighted by molar-refractivity contribution is 5.80. The number of carbonyl (C=O) groups excluding carboxylic acids is 1. The number of carbonyl (C=O) groups is 2. The van der Waals surface area contributed by atoms with Gasteiger partial charge in [-0.15, -0.1) is 0 Å². The molecule has 0 spiro atoms. The van der Waals surface area contributed by atoms with Crippen LogP contribution >= 0.6 is 0 Å². The first-order valence-corrected chi connectivity index (χ1v) is 5.29. The molecule has 92 valence electrons. The van der Waals surface area contributed by atoms with E-state index in [1.54, 1.807) is 0 Å². The monoisotopic (exact) mass is 236 g/mol. The summed E-state index contributed by atoms with van der Waals surface area (Å²) in [6.07, 6.45) is 0. The average molecular weight is 236 g/mol. The molecule has 0 aliphatic rings. The van der Waals surface area contributed by atoms with Crippen molar-refractivity contribution in [1.82, 2.24) is 10.2 Å². The summed E-state index contributed by atoms with van der Waals surface area (Å²) in [5.41, 5.74) is 0.976. The van der Waals surface area contributed by atoms with Crippen LogP contribution in [-0.4, -0.2) is 35.6 Å². The molecule has 1 unspecified atom stereocenters. The van der Waals surface area contributed by atoms with Crippen molar-refractivity contribution in [2.75, 3.05) is 13.6 Å². The summed E-state index contributed by atoms with van der Waals surface area (Å²) in [6.45, 7) is 1.54. The van der Waals surface area contributed by atoms with E-state index in [2.05, 4.69) is 5.32 Å². The molecule has 0 saturated heterocycles. The Labute approximate surface area is 100 Å². The number of rotatable bonds is 4. The van der Waals surface area contributed by atoms with Gasteiger partial charge in [0.25, 0.3) is 0 Å². The molecule has 5 nitrogen and oxygen atoms in total. The zero-order valence-corrected chi connectivity index (χ0v) is 9.88. The fourth-order valence-electron chi connectivity index (χ4n) is 1.40. The molecule has 0 aliphatic carbocycles. The van der Waals surface area contributed by atoms with Gasteiger partial charge < -0.3 is 15.3 Å². The number of aliphatic carboxylic acids is 1. The number of likely N-dealkylation sites (N-methyl/N-ethyl adjacent to an activating group) is 1. The van der Waals surface area contributed by atoms with E-state index < -0.39 is 12.0 Å². The van der Waals surface area contributed by atoms with Gasteiger partial charge in [-0.05, 0) is 12.5 Å². The highest BCUT2D eigenvalue weighted by atomic mass is 16.4. The van der Waals surface area contributed by atoms with Crippen molar-refractivity contribution >= 4 is 12.0 Å². The van der Waals surface area contributed by atoms with Crippen molar-refractivity contribution in [1.29, 1.82) is 0 Å². The summed E-state index contributed by atoms with van der Waals surface area (Å²) < 4.78 is 0. The van der Waals surface area contributed by atoms with Crippen LogP contribution in [0.4, 0.5) is 4.79 Å². The minimum atomic E-state index is -1.03. The first kappa shape index (κ1) is 13.0. The van der Waals surface area contributed by atoms with Gasteiger partial charge in [0.2, 0.25) is 0 Å². The molecule has 0 heterocycles. The van der Waals surface area contributed by atoms with E-state index in [1.165, 1.54) is 7.05 Å². The Hall–Kier alpha value is -2.04. The maximum atomic E-state index is 11.6. The summed E-state index contributed by atoms with van der Waals surface area (Å²) in [5.74, 6) is -1.03. The fraction of sp³-hybridized carbons (Fsp3) is 0.333. The van der Waals surface area contributed by atoms with Crippen LogP contribution in [0.1, 0.15) is 18.5 Å². The lowest BCUT2D eigenvalue weighted by Crippen LogP contribution is -2.41. The van der Waals surface area contributed by atoms with Crippen LogP contribution in [0.5, 0.6) is 0 Å². The van der Waals surface area contributed by atoms with Gasteiger partial charge in [0.15, 0.2) is 0 Å². The van der Waals surface area contributed by atoms with E-state index in [4.69, 9.17) is 5.11 Å². The largest absolute Gasteiger partial charge is 0.480 e. The predicted octanol–water partition coefficient (Wildman–Crippen LogP) is 1.47. The van der Waals surface area contributed by atoms with Crippen molar-refractivity contribution in [2.45, 2.75) is 13.0 Å². The molecular formula is C12H16N2O3. The molecule has 17 heavy (non-hydrogen) atoms. The second-order valence-electron chi connectivity index (χ2n) is 3.83. The Bertz CT molecular complexity index is 392. The Morgan fingerprint density at radius 2 is 1.94 bits per heavy atom. The molecular weight excluding hydrogens is 220 g/mol. The fourth-order valence-corrected chi connectivity index (χ4v) is 1.40. The lowest BCUT2D eigenvalue weighted by Gasteiger charge is -2.20.